The Hall–Kier alpha value is -2.50. The van der Waals surface area contributed by atoms with Gasteiger partial charge in [-0.05, 0) is 122 Å². The Labute approximate surface area is 259 Å². The van der Waals surface area contributed by atoms with E-state index in [2.05, 4.69) is 34.6 Å². The third-order valence-electron chi connectivity index (χ3n) is 12.7. The van der Waals surface area contributed by atoms with Crippen molar-refractivity contribution in [2.45, 2.75) is 118 Å². The van der Waals surface area contributed by atoms with Gasteiger partial charge < -0.3 is 20.9 Å². The molecule has 0 radical (unpaired) electrons. The topological polar surface area (TPSA) is 105 Å². The molecule has 0 aliphatic heterocycles. The summed E-state index contributed by atoms with van der Waals surface area (Å²) < 4.78 is 11.1. The van der Waals surface area contributed by atoms with E-state index in [1.165, 1.54) is 63.9 Å². The minimum atomic E-state index is -0.688. The first-order chi connectivity index (χ1) is 20.4. The zero-order valence-electron chi connectivity index (χ0n) is 27.3. The molecule has 1 aromatic carbocycles. The van der Waals surface area contributed by atoms with Crippen molar-refractivity contribution in [3.8, 4) is 5.75 Å². The molecule has 6 heteroatoms. The van der Waals surface area contributed by atoms with E-state index in [1.54, 1.807) is 12.1 Å². The standard InChI is InChI=1S/C37H56N2O4/c1-23(2)7-6-8-24(3)29-12-13-30-28-11-9-25-21-27(17-19-36(25,4)31(28)18-20-37(29,30)5)42-34(40)15-16-35(41)43-33-22-26(38)10-14-32(33)39/h10,14-16,22-25,27-31H,6-9,11-13,17-21,38-39H2,1-5H3/b16-15+. The minimum absolute atomic E-state index is 0.0937. The van der Waals surface area contributed by atoms with Crippen LogP contribution < -0.4 is 16.2 Å². The molecule has 0 amide bonds. The normalized spacial score (nSPS) is 36.0. The first-order valence-corrected chi connectivity index (χ1v) is 17.2. The van der Waals surface area contributed by atoms with E-state index >= 15 is 0 Å². The fourth-order valence-corrected chi connectivity index (χ4v) is 10.5. The van der Waals surface area contributed by atoms with Crippen LogP contribution in [0.5, 0.6) is 5.75 Å². The van der Waals surface area contributed by atoms with Gasteiger partial charge in [-0.25, -0.2) is 9.59 Å². The summed E-state index contributed by atoms with van der Waals surface area (Å²) >= 11 is 0. The zero-order valence-corrected chi connectivity index (χ0v) is 27.3. The lowest BCUT2D eigenvalue weighted by molar-refractivity contribution is -0.158. The Kier molecular flexibility index (Phi) is 9.54. The number of carbonyl (C=O) groups excluding carboxylic acids is 2. The van der Waals surface area contributed by atoms with Crippen molar-refractivity contribution >= 4 is 23.3 Å². The van der Waals surface area contributed by atoms with Gasteiger partial charge in [0, 0.05) is 23.9 Å². The molecule has 43 heavy (non-hydrogen) atoms. The third-order valence-corrected chi connectivity index (χ3v) is 12.7. The van der Waals surface area contributed by atoms with Crippen LogP contribution in [-0.2, 0) is 14.3 Å². The Morgan fingerprint density at radius 1 is 0.907 bits per heavy atom. The van der Waals surface area contributed by atoms with Crippen LogP contribution in [0.25, 0.3) is 0 Å². The maximum Gasteiger partial charge on any atom is 0.336 e. The molecule has 9 unspecified atom stereocenters. The van der Waals surface area contributed by atoms with Crippen molar-refractivity contribution in [1.29, 1.82) is 0 Å². The molecule has 0 heterocycles. The molecule has 238 valence electrons. The quantitative estimate of drug-likeness (QED) is 0.129. The number of anilines is 2. The van der Waals surface area contributed by atoms with Gasteiger partial charge in [-0.1, -0.05) is 53.9 Å². The van der Waals surface area contributed by atoms with Gasteiger partial charge in [0.2, 0.25) is 0 Å². The van der Waals surface area contributed by atoms with Gasteiger partial charge in [0.1, 0.15) is 6.10 Å². The average molecular weight is 593 g/mol. The monoisotopic (exact) mass is 592 g/mol. The average Bonchev–Trinajstić information content (AvgIpc) is 3.31. The Balaban J connectivity index is 1.14. The van der Waals surface area contributed by atoms with Crippen LogP contribution >= 0.6 is 0 Å². The van der Waals surface area contributed by atoms with Crippen LogP contribution in [0, 0.1) is 52.3 Å². The number of hydrogen-bond acceptors (Lipinski definition) is 6. The fraction of sp³-hybridized carbons (Fsp3) is 0.730. The summed E-state index contributed by atoms with van der Waals surface area (Å²) in [4.78, 5) is 24.9. The predicted molar refractivity (Wildman–Crippen MR) is 173 cm³/mol. The summed E-state index contributed by atoms with van der Waals surface area (Å²) in [7, 11) is 0. The van der Waals surface area contributed by atoms with Crippen molar-refractivity contribution < 1.29 is 19.1 Å². The third kappa shape index (κ3) is 6.63. The van der Waals surface area contributed by atoms with Crippen LogP contribution in [0.2, 0.25) is 0 Å². The summed E-state index contributed by atoms with van der Waals surface area (Å²) in [6, 6.07) is 4.70. The summed E-state index contributed by atoms with van der Waals surface area (Å²) in [5.74, 6) is 4.66. The van der Waals surface area contributed by atoms with Crippen LogP contribution in [-0.4, -0.2) is 18.0 Å². The van der Waals surface area contributed by atoms with Gasteiger partial charge >= 0.3 is 11.9 Å². The number of benzene rings is 1. The molecule has 9 atom stereocenters. The van der Waals surface area contributed by atoms with Crippen LogP contribution in [0.4, 0.5) is 11.4 Å². The second-order valence-electron chi connectivity index (χ2n) is 15.6. The van der Waals surface area contributed by atoms with E-state index < -0.39 is 11.9 Å². The maximum atomic E-state index is 12.6. The first-order valence-electron chi connectivity index (χ1n) is 17.2. The largest absolute Gasteiger partial charge is 0.459 e. The minimum Gasteiger partial charge on any atom is -0.459 e. The number of ether oxygens (including phenoxy) is 2. The lowest BCUT2D eigenvalue weighted by Crippen LogP contribution is -2.54. The van der Waals surface area contributed by atoms with Gasteiger partial charge in [-0.3, -0.25) is 0 Å². The number of fused-ring (bicyclic) bond motifs is 5. The van der Waals surface area contributed by atoms with E-state index in [0.29, 0.717) is 28.1 Å². The summed E-state index contributed by atoms with van der Waals surface area (Å²) in [5, 5.41) is 0. The molecule has 1 aromatic rings. The van der Waals surface area contributed by atoms with E-state index in [9.17, 15) is 9.59 Å². The van der Waals surface area contributed by atoms with E-state index in [-0.39, 0.29) is 11.9 Å². The smallest absolute Gasteiger partial charge is 0.336 e. The highest BCUT2D eigenvalue weighted by Gasteiger charge is 2.60. The number of hydrogen-bond donors (Lipinski definition) is 2. The SMILES string of the molecule is CC(C)CCCC(C)C1CCC2C3CCC4CC(OC(=O)/C=C/C(=O)Oc5cc(N)ccc5N)CCC4(C)C3CCC12C. The molecule has 0 aromatic heterocycles. The highest BCUT2D eigenvalue weighted by Crippen LogP contribution is 2.68. The molecule has 4 saturated carbocycles. The molecule has 4 aliphatic carbocycles. The molecule has 6 nitrogen and oxygen atoms in total. The Morgan fingerprint density at radius 3 is 2.40 bits per heavy atom. The van der Waals surface area contributed by atoms with Gasteiger partial charge in [-0.15, -0.1) is 0 Å². The number of nitrogens with two attached hydrogens (primary N) is 2. The summed E-state index contributed by atoms with van der Waals surface area (Å²) in [6.45, 7) is 12.5. The van der Waals surface area contributed by atoms with Gasteiger partial charge in [0.05, 0.1) is 5.69 Å². The van der Waals surface area contributed by atoms with Crippen molar-refractivity contribution in [3.63, 3.8) is 0 Å². The van der Waals surface area contributed by atoms with Crippen LogP contribution in [0.3, 0.4) is 0 Å². The van der Waals surface area contributed by atoms with E-state index in [1.807, 2.05) is 0 Å². The molecule has 5 rings (SSSR count). The Morgan fingerprint density at radius 2 is 1.63 bits per heavy atom. The number of rotatable bonds is 9. The van der Waals surface area contributed by atoms with Crippen LogP contribution in [0.15, 0.2) is 30.4 Å². The second kappa shape index (κ2) is 12.9. The van der Waals surface area contributed by atoms with Crippen LogP contribution in [0.1, 0.15) is 112 Å². The lowest BCUT2D eigenvalue weighted by atomic mass is 9.44. The second-order valence-corrected chi connectivity index (χ2v) is 15.6. The molecular formula is C37H56N2O4. The first kappa shape index (κ1) is 31.9. The summed E-state index contributed by atoms with van der Waals surface area (Å²) in [5.41, 5.74) is 13.2. The highest BCUT2D eigenvalue weighted by molar-refractivity contribution is 5.93. The molecule has 0 saturated heterocycles. The molecule has 0 spiro atoms. The number of carbonyl (C=O) groups is 2. The molecule has 0 bridgehead atoms. The molecular weight excluding hydrogens is 536 g/mol. The van der Waals surface area contributed by atoms with Crippen molar-refractivity contribution in [3.05, 3.63) is 30.4 Å². The predicted octanol–water partition coefficient (Wildman–Crippen LogP) is 8.35. The lowest BCUT2D eigenvalue weighted by Gasteiger charge is -2.61. The molecule has 4 aliphatic rings. The number of esters is 2. The van der Waals surface area contributed by atoms with E-state index in [0.717, 1.165) is 66.9 Å². The zero-order chi connectivity index (χ0) is 30.9. The fourth-order valence-electron chi connectivity index (χ4n) is 10.5. The van der Waals surface area contributed by atoms with Gasteiger partial charge in [-0.2, -0.15) is 0 Å². The van der Waals surface area contributed by atoms with Crippen molar-refractivity contribution in [1.82, 2.24) is 0 Å². The number of nitrogen functional groups attached to an aromatic ring is 2. The van der Waals surface area contributed by atoms with Crippen molar-refractivity contribution in [2.24, 2.45) is 52.3 Å². The Bertz CT molecular complexity index is 1200. The highest BCUT2D eigenvalue weighted by atomic mass is 16.5. The van der Waals surface area contributed by atoms with Gasteiger partial charge in [0.25, 0.3) is 0 Å². The summed E-state index contributed by atoms with van der Waals surface area (Å²) in [6.07, 6.45) is 17.5. The van der Waals surface area contributed by atoms with Gasteiger partial charge in [0.15, 0.2) is 5.75 Å². The van der Waals surface area contributed by atoms with Crippen molar-refractivity contribution in [2.75, 3.05) is 11.5 Å². The van der Waals surface area contributed by atoms with E-state index in [4.69, 9.17) is 20.9 Å². The molecule has 4 N–H and O–H groups in total. The molecule has 4 fully saturated rings. The maximum absolute atomic E-state index is 12.6.